The molecule has 0 unspecified atom stereocenters. The van der Waals surface area contributed by atoms with E-state index in [9.17, 15) is 0 Å². The van der Waals surface area contributed by atoms with Gasteiger partial charge in [-0.05, 0) is 61.9 Å². The molecule has 0 aromatic heterocycles. The molecule has 0 aliphatic heterocycles. The molecule has 1 aromatic rings. The van der Waals surface area contributed by atoms with E-state index in [4.69, 9.17) is 0 Å². The van der Waals surface area contributed by atoms with Crippen molar-refractivity contribution in [1.29, 1.82) is 0 Å². The fraction of sp³-hybridized carbons (Fsp3) is 0.500. The van der Waals surface area contributed by atoms with Crippen LogP contribution in [-0.4, -0.2) is 10.2 Å². The molecule has 0 amide bonds. The van der Waals surface area contributed by atoms with Gasteiger partial charge in [-0.15, -0.1) is 0 Å². The van der Waals surface area contributed by atoms with E-state index in [1.165, 1.54) is 33.0 Å². The summed E-state index contributed by atoms with van der Waals surface area (Å²) in [5.74, 6) is 0. The van der Waals surface area contributed by atoms with Crippen LogP contribution in [0.2, 0.25) is 0 Å². The molecule has 69 valence electrons. The lowest BCUT2D eigenvalue weighted by atomic mass is 9.92. The molecule has 1 rings (SSSR count). The highest BCUT2D eigenvalue weighted by molar-refractivity contribution is 6.34. The van der Waals surface area contributed by atoms with Crippen molar-refractivity contribution in [3.05, 3.63) is 27.8 Å². The SMILES string of the molecule is CCc1c(C)c(C)c([Si])c(C)c1C. The van der Waals surface area contributed by atoms with Gasteiger partial charge in [-0.1, -0.05) is 12.1 Å². The average Bonchev–Trinajstić information content (AvgIpc) is 2.13. The molecule has 0 aliphatic carbocycles. The Morgan fingerprint density at radius 1 is 0.846 bits per heavy atom. The smallest absolute Gasteiger partial charge is 0.0613 e. The van der Waals surface area contributed by atoms with Crippen LogP contribution in [0.15, 0.2) is 0 Å². The summed E-state index contributed by atoms with van der Waals surface area (Å²) in [5, 5.41) is 1.27. The summed E-state index contributed by atoms with van der Waals surface area (Å²) in [6, 6.07) is 0. The Morgan fingerprint density at radius 2 is 1.23 bits per heavy atom. The van der Waals surface area contributed by atoms with Crippen molar-refractivity contribution >= 4 is 15.4 Å². The Kier molecular flexibility index (Phi) is 2.97. The minimum atomic E-state index is 1.13. The number of hydrogen-bond donors (Lipinski definition) is 0. The maximum atomic E-state index is 3.70. The Labute approximate surface area is 84.8 Å². The lowest BCUT2D eigenvalue weighted by Gasteiger charge is -2.17. The standard InChI is InChI=1S/C12H17Si/c1-6-11-7(2)9(4)12(13)10(5)8(11)3/h6H2,1-5H3. The van der Waals surface area contributed by atoms with Gasteiger partial charge in [0.15, 0.2) is 0 Å². The first-order chi connectivity index (χ1) is 6.00. The van der Waals surface area contributed by atoms with Gasteiger partial charge in [-0.2, -0.15) is 0 Å². The first-order valence-corrected chi connectivity index (χ1v) is 5.31. The Bertz CT molecular complexity index is 308. The molecule has 0 atom stereocenters. The minimum absolute atomic E-state index is 1.13. The van der Waals surface area contributed by atoms with Gasteiger partial charge in [0, 0.05) is 0 Å². The van der Waals surface area contributed by atoms with E-state index >= 15 is 0 Å². The van der Waals surface area contributed by atoms with Gasteiger partial charge < -0.3 is 0 Å². The third-order valence-electron chi connectivity index (χ3n) is 3.13. The summed E-state index contributed by atoms with van der Waals surface area (Å²) < 4.78 is 0. The molecule has 0 aliphatic rings. The summed E-state index contributed by atoms with van der Waals surface area (Å²) in [6.45, 7) is 11.0. The van der Waals surface area contributed by atoms with Gasteiger partial charge in [0.05, 0.1) is 10.2 Å². The summed E-state index contributed by atoms with van der Waals surface area (Å²) in [5.41, 5.74) is 7.16. The van der Waals surface area contributed by atoms with E-state index in [-0.39, 0.29) is 0 Å². The van der Waals surface area contributed by atoms with Gasteiger partial charge >= 0.3 is 0 Å². The molecule has 3 radical (unpaired) electrons. The number of benzene rings is 1. The van der Waals surface area contributed by atoms with E-state index in [1.54, 1.807) is 0 Å². The van der Waals surface area contributed by atoms with Crippen LogP contribution in [0.1, 0.15) is 34.7 Å². The molecule has 0 fully saturated rings. The Hall–Kier alpha value is -0.563. The topological polar surface area (TPSA) is 0 Å². The monoisotopic (exact) mass is 189 g/mol. The molecule has 0 saturated carbocycles. The zero-order valence-corrected chi connectivity index (χ0v) is 10.2. The van der Waals surface area contributed by atoms with Crippen molar-refractivity contribution in [1.82, 2.24) is 0 Å². The summed E-state index contributed by atoms with van der Waals surface area (Å²) >= 11 is 0. The minimum Gasteiger partial charge on any atom is -0.0613 e. The van der Waals surface area contributed by atoms with E-state index in [2.05, 4.69) is 44.9 Å². The molecule has 0 saturated heterocycles. The normalized spacial score (nSPS) is 10.6. The molecule has 0 bridgehead atoms. The maximum absolute atomic E-state index is 3.70. The lowest BCUT2D eigenvalue weighted by Crippen LogP contribution is -2.17. The first kappa shape index (κ1) is 10.5. The fourth-order valence-corrected chi connectivity index (χ4v) is 2.30. The van der Waals surface area contributed by atoms with Gasteiger partial charge in [0.2, 0.25) is 0 Å². The van der Waals surface area contributed by atoms with Crippen molar-refractivity contribution in [2.24, 2.45) is 0 Å². The third-order valence-corrected chi connectivity index (χ3v) is 3.88. The summed E-state index contributed by atoms with van der Waals surface area (Å²) in [6.07, 6.45) is 1.13. The second kappa shape index (κ2) is 3.67. The van der Waals surface area contributed by atoms with E-state index in [1.807, 2.05) is 0 Å². The second-order valence-electron chi connectivity index (χ2n) is 3.71. The summed E-state index contributed by atoms with van der Waals surface area (Å²) in [7, 11) is 3.70. The molecule has 0 spiro atoms. The largest absolute Gasteiger partial charge is 0.0719 e. The van der Waals surface area contributed by atoms with Crippen molar-refractivity contribution in [2.75, 3.05) is 0 Å². The molecule has 13 heavy (non-hydrogen) atoms. The van der Waals surface area contributed by atoms with Crippen molar-refractivity contribution in [3.63, 3.8) is 0 Å². The molecule has 0 heterocycles. The van der Waals surface area contributed by atoms with Crippen LogP contribution >= 0.6 is 0 Å². The van der Waals surface area contributed by atoms with Gasteiger partial charge in [-0.3, -0.25) is 0 Å². The van der Waals surface area contributed by atoms with Crippen molar-refractivity contribution < 1.29 is 0 Å². The van der Waals surface area contributed by atoms with Crippen molar-refractivity contribution in [2.45, 2.75) is 41.0 Å². The second-order valence-corrected chi connectivity index (χ2v) is 4.21. The highest BCUT2D eigenvalue weighted by atomic mass is 28.1. The Morgan fingerprint density at radius 3 is 1.54 bits per heavy atom. The fourth-order valence-electron chi connectivity index (χ4n) is 1.92. The van der Waals surface area contributed by atoms with Crippen molar-refractivity contribution in [3.8, 4) is 0 Å². The zero-order chi connectivity index (χ0) is 10.2. The van der Waals surface area contributed by atoms with Gasteiger partial charge in [0.25, 0.3) is 0 Å². The van der Waals surface area contributed by atoms with Crippen LogP contribution in [-0.2, 0) is 6.42 Å². The molecule has 0 nitrogen and oxygen atoms in total. The van der Waals surface area contributed by atoms with Gasteiger partial charge in [-0.25, -0.2) is 0 Å². The van der Waals surface area contributed by atoms with E-state index in [0.29, 0.717) is 0 Å². The van der Waals surface area contributed by atoms with E-state index in [0.717, 1.165) is 6.42 Å². The summed E-state index contributed by atoms with van der Waals surface area (Å²) in [4.78, 5) is 0. The molecular weight excluding hydrogens is 172 g/mol. The van der Waals surface area contributed by atoms with Crippen LogP contribution in [0.3, 0.4) is 0 Å². The van der Waals surface area contributed by atoms with Crippen LogP contribution in [0, 0.1) is 27.7 Å². The number of rotatable bonds is 1. The van der Waals surface area contributed by atoms with Crippen LogP contribution in [0.25, 0.3) is 0 Å². The molecule has 1 heteroatoms. The zero-order valence-electron chi connectivity index (χ0n) is 9.21. The molecule has 0 N–H and O–H groups in total. The number of hydrogen-bond acceptors (Lipinski definition) is 0. The van der Waals surface area contributed by atoms with Crippen LogP contribution < -0.4 is 5.19 Å². The predicted molar refractivity (Wildman–Crippen MR) is 60.2 cm³/mol. The first-order valence-electron chi connectivity index (χ1n) is 4.81. The quantitative estimate of drug-likeness (QED) is 0.595. The van der Waals surface area contributed by atoms with Crippen LogP contribution in [0.5, 0.6) is 0 Å². The average molecular weight is 189 g/mol. The maximum Gasteiger partial charge on any atom is 0.0719 e. The van der Waals surface area contributed by atoms with Crippen LogP contribution in [0.4, 0.5) is 0 Å². The lowest BCUT2D eigenvalue weighted by molar-refractivity contribution is 1.06. The third kappa shape index (κ3) is 1.57. The predicted octanol–water partition coefficient (Wildman–Crippen LogP) is 2.28. The highest BCUT2D eigenvalue weighted by Crippen LogP contribution is 2.19. The molecular formula is C12H17Si. The highest BCUT2D eigenvalue weighted by Gasteiger charge is 2.09. The van der Waals surface area contributed by atoms with Gasteiger partial charge in [0.1, 0.15) is 0 Å². The Balaban J connectivity index is 3.56. The van der Waals surface area contributed by atoms with E-state index < -0.39 is 0 Å². The molecule has 1 aromatic carbocycles.